The Hall–Kier alpha value is -1.20. The van der Waals surface area contributed by atoms with Crippen LogP contribution in [-0.4, -0.2) is 23.3 Å². The summed E-state index contributed by atoms with van der Waals surface area (Å²) in [7, 11) is 0. The second kappa shape index (κ2) is 9.48. The van der Waals surface area contributed by atoms with Crippen LogP contribution in [0.25, 0.3) is 0 Å². The van der Waals surface area contributed by atoms with Gasteiger partial charge in [-0.05, 0) is 82.3 Å². The lowest BCUT2D eigenvalue weighted by Gasteiger charge is -2.14. The molecule has 0 aliphatic rings. The number of halogens is 2. The van der Waals surface area contributed by atoms with Gasteiger partial charge in [0.2, 0.25) is 0 Å². The summed E-state index contributed by atoms with van der Waals surface area (Å²) >= 11 is 4.42. The van der Waals surface area contributed by atoms with Crippen LogP contribution >= 0.6 is 45.2 Å². The minimum Gasteiger partial charge on any atom is -0.489 e. The van der Waals surface area contributed by atoms with Crippen LogP contribution in [0.15, 0.2) is 47.6 Å². The summed E-state index contributed by atoms with van der Waals surface area (Å²) in [6.07, 6.45) is 0.389. The Morgan fingerprint density at radius 1 is 1.20 bits per heavy atom. The molecule has 2 rings (SSSR count). The average molecular weight is 564 g/mol. The van der Waals surface area contributed by atoms with E-state index < -0.39 is 12.0 Å². The third-order valence-electron chi connectivity index (χ3n) is 3.13. The number of carbonyl (C=O) groups is 1. The molecular weight excluding hydrogens is 546 g/mol. The molecule has 0 spiro atoms. The van der Waals surface area contributed by atoms with Crippen molar-refractivity contribution in [3.05, 3.63) is 60.7 Å². The van der Waals surface area contributed by atoms with E-state index in [2.05, 4.69) is 55.7 Å². The van der Waals surface area contributed by atoms with Crippen LogP contribution in [0, 0.1) is 7.14 Å². The number of aliphatic hydroxyl groups is 1. The molecule has 0 saturated heterocycles. The third-order valence-corrected chi connectivity index (χ3v) is 4.73. The van der Waals surface area contributed by atoms with Gasteiger partial charge in [0, 0.05) is 0 Å². The number of nitrogens with zero attached hydrogens (tertiary/aromatic N) is 1. The zero-order valence-electron chi connectivity index (χ0n) is 13.7. The molecule has 2 aromatic rings. The molecule has 5 nitrogen and oxygen atoms in total. The largest absolute Gasteiger partial charge is 0.489 e. The SMILES string of the molecule is CC(C)Oc1c(I)cc(/C=N\NC(=O)[C@@H](O)c2ccccc2)cc1I. The normalized spacial score (nSPS) is 12.4. The number of ether oxygens (including phenoxy) is 1. The van der Waals surface area contributed by atoms with Crippen molar-refractivity contribution in [2.24, 2.45) is 5.10 Å². The molecule has 0 heterocycles. The van der Waals surface area contributed by atoms with Crippen LogP contribution in [-0.2, 0) is 4.79 Å². The first kappa shape index (κ1) is 20.1. The molecule has 0 aliphatic carbocycles. The van der Waals surface area contributed by atoms with Gasteiger partial charge in [-0.1, -0.05) is 30.3 Å². The number of aliphatic hydroxyl groups excluding tert-OH is 1. The highest BCUT2D eigenvalue weighted by molar-refractivity contribution is 14.1. The Morgan fingerprint density at radius 3 is 2.36 bits per heavy atom. The van der Waals surface area contributed by atoms with Crippen molar-refractivity contribution in [3.8, 4) is 5.75 Å². The lowest BCUT2D eigenvalue weighted by atomic mass is 10.1. The number of amides is 1. The summed E-state index contributed by atoms with van der Waals surface area (Å²) < 4.78 is 7.73. The highest BCUT2D eigenvalue weighted by Gasteiger charge is 2.16. The predicted octanol–water partition coefficient (Wildman–Crippen LogP) is 3.87. The van der Waals surface area contributed by atoms with Crippen molar-refractivity contribution >= 4 is 57.3 Å². The van der Waals surface area contributed by atoms with Gasteiger partial charge in [0.1, 0.15) is 5.75 Å². The summed E-state index contributed by atoms with van der Waals surface area (Å²) in [5.41, 5.74) is 3.71. The quantitative estimate of drug-likeness (QED) is 0.318. The van der Waals surface area contributed by atoms with Crippen LogP contribution in [0.3, 0.4) is 0 Å². The topological polar surface area (TPSA) is 70.9 Å². The number of carbonyl (C=O) groups excluding carboxylic acids is 1. The molecule has 0 aromatic heterocycles. The highest BCUT2D eigenvalue weighted by atomic mass is 127. The number of benzene rings is 2. The van der Waals surface area contributed by atoms with Gasteiger partial charge in [0.05, 0.1) is 19.5 Å². The fourth-order valence-corrected chi connectivity index (χ4v) is 4.09. The molecule has 0 bridgehead atoms. The van der Waals surface area contributed by atoms with Gasteiger partial charge in [-0.15, -0.1) is 0 Å². The number of rotatable bonds is 6. The maximum Gasteiger partial charge on any atom is 0.273 e. The maximum atomic E-state index is 11.9. The van der Waals surface area contributed by atoms with Gasteiger partial charge in [-0.3, -0.25) is 4.79 Å². The molecule has 1 amide bonds. The van der Waals surface area contributed by atoms with E-state index >= 15 is 0 Å². The minimum absolute atomic E-state index is 0.0975. The maximum absolute atomic E-state index is 11.9. The van der Waals surface area contributed by atoms with Gasteiger partial charge >= 0.3 is 0 Å². The summed E-state index contributed by atoms with van der Waals surface area (Å²) in [6.45, 7) is 3.96. The van der Waals surface area contributed by atoms with Gasteiger partial charge in [0.15, 0.2) is 6.10 Å². The van der Waals surface area contributed by atoms with Gasteiger partial charge in [-0.2, -0.15) is 5.10 Å². The van der Waals surface area contributed by atoms with Crippen LogP contribution in [0.4, 0.5) is 0 Å². The monoisotopic (exact) mass is 564 g/mol. The van der Waals surface area contributed by atoms with Crippen molar-refractivity contribution in [1.29, 1.82) is 0 Å². The molecule has 2 N–H and O–H groups in total. The van der Waals surface area contributed by atoms with Crippen molar-refractivity contribution in [3.63, 3.8) is 0 Å². The van der Waals surface area contributed by atoms with Crippen LogP contribution < -0.4 is 10.2 Å². The fraction of sp³-hybridized carbons (Fsp3) is 0.222. The van der Waals surface area contributed by atoms with Crippen molar-refractivity contribution < 1.29 is 14.6 Å². The number of hydrogen-bond acceptors (Lipinski definition) is 4. The van der Waals surface area contributed by atoms with Crippen LogP contribution in [0.2, 0.25) is 0 Å². The molecule has 132 valence electrons. The molecule has 1 atom stereocenters. The van der Waals surface area contributed by atoms with E-state index in [1.165, 1.54) is 0 Å². The third kappa shape index (κ3) is 5.93. The summed E-state index contributed by atoms with van der Waals surface area (Å²) in [4.78, 5) is 11.9. The van der Waals surface area contributed by atoms with Gasteiger partial charge in [0.25, 0.3) is 5.91 Å². The smallest absolute Gasteiger partial charge is 0.273 e. The van der Waals surface area contributed by atoms with Gasteiger partial charge < -0.3 is 9.84 Å². The first-order valence-corrected chi connectivity index (χ1v) is 9.76. The van der Waals surface area contributed by atoms with Crippen LogP contribution in [0.1, 0.15) is 31.1 Å². The Labute approximate surface area is 174 Å². The van der Waals surface area contributed by atoms with E-state index in [0.29, 0.717) is 5.56 Å². The second-order valence-corrected chi connectivity index (χ2v) is 7.85. The standard InChI is InChI=1S/C18H18I2N2O3/c1-11(2)25-17-14(19)8-12(9-15(17)20)10-21-22-18(24)16(23)13-6-4-3-5-7-13/h3-11,16,23H,1-2H3,(H,22,24)/b21-10-/t16-/m0/s1. The van der Waals surface area contributed by atoms with E-state index in [1.807, 2.05) is 32.0 Å². The average Bonchev–Trinajstić information content (AvgIpc) is 2.58. The Kier molecular flexibility index (Phi) is 7.63. The molecule has 7 heteroatoms. The van der Waals surface area contributed by atoms with Gasteiger partial charge in [-0.25, -0.2) is 5.43 Å². The lowest BCUT2D eigenvalue weighted by Crippen LogP contribution is -2.25. The number of hydrogen-bond donors (Lipinski definition) is 2. The Morgan fingerprint density at radius 2 is 1.80 bits per heavy atom. The van der Waals surface area contributed by atoms with Crippen molar-refractivity contribution in [2.75, 3.05) is 0 Å². The molecule has 0 unspecified atom stereocenters. The zero-order chi connectivity index (χ0) is 18.4. The summed E-state index contributed by atoms with van der Waals surface area (Å²) in [6, 6.07) is 12.6. The highest BCUT2D eigenvalue weighted by Crippen LogP contribution is 2.29. The van der Waals surface area contributed by atoms with E-state index in [9.17, 15) is 9.90 Å². The number of hydrazone groups is 1. The molecule has 0 aliphatic heterocycles. The minimum atomic E-state index is -1.25. The fourth-order valence-electron chi connectivity index (χ4n) is 2.02. The first-order chi connectivity index (χ1) is 11.9. The van der Waals surface area contributed by atoms with E-state index in [4.69, 9.17) is 4.74 Å². The Balaban J connectivity index is 2.03. The number of nitrogens with one attached hydrogen (secondary N) is 1. The molecule has 0 fully saturated rings. The van der Waals surface area contributed by atoms with Crippen LogP contribution in [0.5, 0.6) is 5.75 Å². The molecule has 0 saturated carbocycles. The lowest BCUT2D eigenvalue weighted by molar-refractivity contribution is -0.129. The predicted molar refractivity (Wildman–Crippen MR) is 115 cm³/mol. The molecular formula is C18H18I2N2O3. The van der Waals surface area contributed by atoms with E-state index in [0.717, 1.165) is 18.5 Å². The Bertz CT molecular complexity index is 741. The molecule has 25 heavy (non-hydrogen) atoms. The first-order valence-electron chi connectivity index (χ1n) is 7.60. The molecule has 2 aromatic carbocycles. The second-order valence-electron chi connectivity index (χ2n) is 5.53. The summed E-state index contributed by atoms with van der Waals surface area (Å²) in [5, 5.41) is 13.9. The molecule has 0 radical (unpaired) electrons. The summed E-state index contributed by atoms with van der Waals surface area (Å²) in [5.74, 6) is 0.267. The van der Waals surface area contributed by atoms with E-state index in [-0.39, 0.29) is 6.10 Å². The van der Waals surface area contributed by atoms with Crippen molar-refractivity contribution in [2.45, 2.75) is 26.1 Å². The van der Waals surface area contributed by atoms with E-state index in [1.54, 1.807) is 30.5 Å². The zero-order valence-corrected chi connectivity index (χ0v) is 18.1. The van der Waals surface area contributed by atoms with Crippen molar-refractivity contribution in [1.82, 2.24) is 5.43 Å².